The molecular weight excluding hydrogens is 648 g/mol. The number of hydroxylamine groups is 2. The minimum atomic E-state index is -5.01. The van der Waals surface area contributed by atoms with Gasteiger partial charge in [-0.05, 0) is 44.5 Å². The molecule has 1 unspecified atom stereocenters. The van der Waals surface area contributed by atoms with Crippen LogP contribution in [0.15, 0.2) is 39.8 Å². The van der Waals surface area contributed by atoms with Gasteiger partial charge in [0, 0.05) is 30.8 Å². The van der Waals surface area contributed by atoms with Crippen LogP contribution in [0.1, 0.15) is 43.9 Å². The van der Waals surface area contributed by atoms with Gasteiger partial charge in [0.15, 0.2) is 10.8 Å². The molecule has 2 aromatic rings. The third-order valence-electron chi connectivity index (χ3n) is 7.07. The summed E-state index contributed by atoms with van der Waals surface area (Å²) in [7, 11) is -5.01. The van der Waals surface area contributed by atoms with Gasteiger partial charge >= 0.3 is 16.4 Å². The quantitative estimate of drug-likeness (QED) is 0.0606. The van der Waals surface area contributed by atoms with E-state index in [1.54, 1.807) is 12.1 Å². The Hall–Kier alpha value is -4.37. The normalized spacial score (nSPS) is 20.2. The smallest absolute Gasteiger partial charge is 0.418 e. The molecule has 0 spiro atoms. The monoisotopic (exact) mass is 682 g/mol. The van der Waals surface area contributed by atoms with Crippen LogP contribution in [0.5, 0.6) is 5.75 Å². The summed E-state index contributed by atoms with van der Waals surface area (Å²) in [6.45, 7) is 4.20. The number of benzene rings is 1. The van der Waals surface area contributed by atoms with Crippen LogP contribution in [0.25, 0.3) is 0 Å². The summed E-state index contributed by atoms with van der Waals surface area (Å²) in [6, 6.07) is 5.77. The van der Waals surface area contributed by atoms with E-state index in [-0.39, 0.29) is 16.7 Å². The van der Waals surface area contributed by atoms with Gasteiger partial charge in [-0.15, -0.1) is 15.6 Å². The predicted octanol–water partition coefficient (Wildman–Crippen LogP) is -0.358. The highest BCUT2D eigenvalue weighted by atomic mass is 32.3. The van der Waals surface area contributed by atoms with Crippen LogP contribution in [-0.2, 0) is 33.9 Å². The molecule has 0 saturated carbocycles. The van der Waals surface area contributed by atoms with Crippen LogP contribution >= 0.6 is 11.3 Å². The number of hydrogen-bond donors (Lipinski definition) is 6. The highest BCUT2D eigenvalue weighted by Crippen LogP contribution is 2.33. The molecule has 250 valence electrons. The topological polar surface area (TPSA) is 270 Å². The lowest BCUT2D eigenvalue weighted by molar-refractivity contribution is -0.218. The Morgan fingerprint density at radius 2 is 2.02 bits per heavy atom. The van der Waals surface area contributed by atoms with Crippen LogP contribution in [-0.4, -0.2) is 101 Å². The Kier molecular flexibility index (Phi) is 10.8. The van der Waals surface area contributed by atoms with Gasteiger partial charge in [0.05, 0.1) is 11.4 Å². The molecule has 20 heteroatoms. The molecule has 1 aromatic carbocycles. The van der Waals surface area contributed by atoms with Gasteiger partial charge in [-0.1, -0.05) is 17.3 Å². The Morgan fingerprint density at radius 3 is 2.57 bits per heavy atom. The second kappa shape index (κ2) is 14.4. The number of oxime groups is 1. The van der Waals surface area contributed by atoms with E-state index in [9.17, 15) is 27.9 Å². The molecule has 46 heavy (non-hydrogen) atoms. The Morgan fingerprint density at radius 1 is 1.30 bits per heavy atom. The predicted molar refractivity (Wildman–Crippen MR) is 164 cm³/mol. The van der Waals surface area contributed by atoms with E-state index in [1.807, 2.05) is 12.1 Å². The Labute approximate surface area is 267 Å². The van der Waals surface area contributed by atoms with E-state index in [0.29, 0.717) is 23.9 Å². The lowest BCUT2D eigenvalue weighted by Gasteiger charge is -2.50. The molecule has 1 saturated heterocycles. The van der Waals surface area contributed by atoms with Crippen LogP contribution in [0, 0.1) is 0 Å². The molecule has 1 aromatic heterocycles. The molecule has 2 aliphatic rings. The molecule has 0 bridgehead atoms. The second-order valence-electron chi connectivity index (χ2n) is 10.8. The third kappa shape index (κ3) is 8.46. The summed E-state index contributed by atoms with van der Waals surface area (Å²) in [5, 5.41) is 20.9. The van der Waals surface area contributed by atoms with E-state index in [2.05, 4.69) is 30.0 Å². The van der Waals surface area contributed by atoms with Crippen molar-refractivity contribution in [3.05, 3.63) is 40.9 Å². The molecule has 2 aliphatic heterocycles. The number of nitrogens with two attached hydrogens (primary N) is 2. The van der Waals surface area contributed by atoms with Crippen molar-refractivity contribution in [2.24, 2.45) is 15.9 Å². The highest BCUT2D eigenvalue weighted by molar-refractivity contribution is 7.80. The van der Waals surface area contributed by atoms with E-state index < -0.39 is 58.2 Å². The largest absolute Gasteiger partial charge is 0.489 e. The van der Waals surface area contributed by atoms with Crippen molar-refractivity contribution in [1.82, 2.24) is 20.7 Å². The Bertz CT molecular complexity index is 1610. The number of carboxylic acid groups (broad SMARTS) is 1. The number of rotatable bonds is 15. The fourth-order valence-electron chi connectivity index (χ4n) is 4.53. The average Bonchev–Trinajstić information content (AvgIpc) is 3.44. The van der Waals surface area contributed by atoms with E-state index in [0.717, 1.165) is 42.1 Å². The maximum Gasteiger partial charge on any atom is 0.418 e. The molecule has 0 aliphatic carbocycles. The highest BCUT2D eigenvalue weighted by Gasteiger charge is 2.58. The number of nitrogens with one attached hydrogen (secondary N) is 2. The van der Waals surface area contributed by atoms with Crippen LogP contribution in [0.2, 0.25) is 0 Å². The molecule has 4 rings (SSSR count). The van der Waals surface area contributed by atoms with Crippen LogP contribution < -0.4 is 26.8 Å². The summed E-state index contributed by atoms with van der Waals surface area (Å²) >= 11 is 0.962. The van der Waals surface area contributed by atoms with Gasteiger partial charge in [0.2, 0.25) is 0 Å². The van der Waals surface area contributed by atoms with Crippen molar-refractivity contribution < 1.29 is 46.3 Å². The number of aliphatic imine (C=N–C) groups is 1. The lowest BCUT2D eigenvalue weighted by Crippen LogP contribution is -2.76. The SMILES string of the molecule is CC1(C)[C@H](NC(=O)/C(=N\O[C@@H](COc2ccc(C3CN=C(CCCN)NC3)cc2)C(=O)O)c2csc(N)n2)C(=O)N1OS(=O)(=O)O. The van der Waals surface area contributed by atoms with E-state index in [4.69, 9.17) is 25.6 Å². The number of thiazole rings is 1. The summed E-state index contributed by atoms with van der Waals surface area (Å²) < 4.78 is 41.0. The summed E-state index contributed by atoms with van der Waals surface area (Å²) in [4.78, 5) is 51.4. The first-order chi connectivity index (χ1) is 21.7. The summed E-state index contributed by atoms with van der Waals surface area (Å²) in [5.41, 5.74) is 10.3. The molecule has 3 atom stereocenters. The van der Waals surface area contributed by atoms with Gasteiger partial charge in [0.1, 0.15) is 24.1 Å². The fourth-order valence-corrected chi connectivity index (χ4v) is 5.54. The van der Waals surface area contributed by atoms with Crippen molar-refractivity contribution in [1.29, 1.82) is 0 Å². The number of hydrogen-bond acceptors (Lipinski definition) is 15. The Balaban J connectivity index is 1.40. The minimum absolute atomic E-state index is 0.0627. The number of anilines is 1. The average molecular weight is 683 g/mol. The fraction of sp³-hybridized carbons (Fsp3) is 0.462. The number of β-lactam (4-membered cyclic amide) rings is 1. The van der Waals surface area contributed by atoms with Crippen molar-refractivity contribution in [2.75, 3.05) is 32.0 Å². The summed E-state index contributed by atoms with van der Waals surface area (Å²) in [6.07, 6.45) is 0.00497. The standard InChI is InChI=1S/C26H34N8O10S2/c1-26(2)21(23(36)34(26)44-46(39,40)41)32-22(35)20(17-13-45-25(28)31-17)33-43-18(24(37)38)12-42-16-7-5-14(6-8-16)15-10-29-19(30-11-15)4-3-9-27/h5-8,13,15,18,21H,3-4,9-12,27H2,1-2H3,(H2,28,31)(H,29,30)(H,32,35)(H,37,38)(H,39,40,41)/b33-20-/t18-,21+/m0/s1. The molecule has 1 fully saturated rings. The van der Waals surface area contributed by atoms with Crippen LogP contribution in [0.3, 0.4) is 0 Å². The molecular formula is C26H34N8O10S2. The summed E-state index contributed by atoms with van der Waals surface area (Å²) in [5.74, 6) is -1.98. The number of ether oxygens (including phenoxy) is 1. The number of carboxylic acids is 1. The first-order valence-corrected chi connectivity index (χ1v) is 16.1. The third-order valence-corrected chi connectivity index (χ3v) is 8.08. The van der Waals surface area contributed by atoms with Gasteiger partial charge in [-0.2, -0.15) is 13.5 Å². The maximum atomic E-state index is 13.2. The first-order valence-electron chi connectivity index (χ1n) is 13.9. The zero-order valence-corrected chi connectivity index (χ0v) is 26.4. The molecule has 0 radical (unpaired) electrons. The zero-order chi connectivity index (χ0) is 33.6. The number of carbonyl (C=O) groups is 3. The van der Waals surface area contributed by atoms with Gasteiger partial charge in [-0.25, -0.2) is 9.78 Å². The molecule has 18 nitrogen and oxygen atoms in total. The maximum absolute atomic E-state index is 13.2. The van der Waals surface area contributed by atoms with Crippen LogP contribution in [0.4, 0.5) is 5.13 Å². The second-order valence-corrected chi connectivity index (χ2v) is 12.7. The van der Waals surface area contributed by atoms with Crippen molar-refractivity contribution in [3.8, 4) is 5.75 Å². The lowest BCUT2D eigenvalue weighted by atomic mass is 9.84. The number of nitrogen functional groups attached to an aromatic ring is 1. The number of amidine groups is 1. The zero-order valence-electron chi connectivity index (χ0n) is 24.8. The van der Waals surface area contributed by atoms with Crippen molar-refractivity contribution in [2.45, 2.75) is 50.3 Å². The van der Waals surface area contributed by atoms with E-state index >= 15 is 0 Å². The molecule has 3 heterocycles. The number of aliphatic carboxylic acids is 1. The van der Waals surface area contributed by atoms with Gasteiger partial charge in [0.25, 0.3) is 17.9 Å². The molecule has 8 N–H and O–H groups in total. The number of carbonyl (C=O) groups excluding carboxylic acids is 2. The van der Waals surface area contributed by atoms with Gasteiger partial charge < -0.3 is 36.8 Å². The minimum Gasteiger partial charge on any atom is -0.489 e. The van der Waals surface area contributed by atoms with Crippen molar-refractivity contribution >= 4 is 56.2 Å². The van der Waals surface area contributed by atoms with Gasteiger partial charge in [-0.3, -0.25) is 19.1 Å². The van der Waals surface area contributed by atoms with E-state index in [1.165, 1.54) is 19.2 Å². The number of amides is 2. The number of aromatic nitrogens is 1. The molecule has 2 amide bonds. The van der Waals surface area contributed by atoms with Crippen molar-refractivity contribution in [3.63, 3.8) is 0 Å². The number of nitrogens with zero attached hydrogens (tertiary/aromatic N) is 4. The first kappa shape index (κ1) is 34.5.